The zero-order valence-electron chi connectivity index (χ0n) is 11.8. The van der Waals surface area contributed by atoms with Gasteiger partial charge in [0, 0.05) is 6.20 Å². The number of hydrogen-bond donors (Lipinski definition) is 0. The minimum absolute atomic E-state index is 0.322. The highest BCUT2D eigenvalue weighted by atomic mass is 35.5. The molecule has 4 nitrogen and oxygen atoms in total. The molecule has 0 bridgehead atoms. The molecule has 2 aromatic carbocycles. The van der Waals surface area contributed by atoms with E-state index in [1.807, 2.05) is 67.0 Å². The van der Waals surface area contributed by atoms with Crippen molar-refractivity contribution in [2.45, 2.75) is 6.61 Å². The Morgan fingerprint density at radius 1 is 1.05 bits per heavy atom. The van der Waals surface area contributed by atoms with Crippen molar-refractivity contribution in [3.05, 3.63) is 77.1 Å². The Morgan fingerprint density at radius 3 is 2.64 bits per heavy atom. The van der Waals surface area contributed by atoms with Gasteiger partial charge in [-0.25, -0.2) is 4.68 Å². The molecule has 0 aliphatic heterocycles. The number of hydrogen-bond acceptors (Lipinski definition) is 3. The quantitative estimate of drug-likeness (QED) is 0.711. The number of halogens is 1. The van der Waals surface area contributed by atoms with E-state index in [1.165, 1.54) is 0 Å². The first-order valence-electron chi connectivity index (χ1n) is 6.82. The molecule has 0 saturated heterocycles. The first-order chi connectivity index (χ1) is 10.8. The number of nitrogens with zero attached hydrogens (tertiary/aromatic N) is 3. The molecule has 5 heteroatoms. The summed E-state index contributed by atoms with van der Waals surface area (Å²) in [5, 5.41) is 8.68. The molecule has 1 heterocycles. The van der Waals surface area contributed by atoms with Gasteiger partial charge in [0.1, 0.15) is 18.1 Å². The van der Waals surface area contributed by atoms with Crippen LogP contribution in [0.1, 0.15) is 11.3 Å². The third kappa shape index (κ3) is 3.74. The van der Waals surface area contributed by atoms with Crippen LogP contribution in [0.3, 0.4) is 0 Å². The van der Waals surface area contributed by atoms with E-state index < -0.39 is 0 Å². The predicted octanol–water partition coefficient (Wildman–Crippen LogP) is 4.14. The largest absolute Gasteiger partial charge is 0.486 e. The fraction of sp³-hybridized carbons (Fsp3) is 0.0588. The summed E-state index contributed by atoms with van der Waals surface area (Å²) in [6.45, 7) is 0.322. The second-order valence-corrected chi connectivity index (χ2v) is 5.04. The highest BCUT2D eigenvalue weighted by Crippen LogP contribution is 2.23. The molecule has 3 rings (SSSR count). The summed E-state index contributed by atoms with van der Waals surface area (Å²) in [4.78, 5) is 0. The van der Waals surface area contributed by atoms with E-state index in [0.717, 1.165) is 11.3 Å². The summed E-state index contributed by atoms with van der Waals surface area (Å²) in [5.41, 5.74) is 1.84. The van der Waals surface area contributed by atoms with E-state index in [0.29, 0.717) is 17.4 Å². The first kappa shape index (κ1) is 14.4. The Balaban J connectivity index is 1.62. The van der Waals surface area contributed by atoms with Crippen molar-refractivity contribution in [3.8, 4) is 5.75 Å². The Bertz CT molecular complexity index is 768. The van der Waals surface area contributed by atoms with E-state index in [2.05, 4.69) is 10.3 Å². The third-order valence-electron chi connectivity index (χ3n) is 2.99. The second kappa shape index (κ2) is 6.91. The fourth-order valence-electron chi connectivity index (χ4n) is 1.89. The van der Waals surface area contributed by atoms with E-state index in [1.54, 1.807) is 10.7 Å². The van der Waals surface area contributed by atoms with Gasteiger partial charge >= 0.3 is 0 Å². The first-order valence-corrected chi connectivity index (χ1v) is 7.20. The van der Waals surface area contributed by atoms with Crippen LogP contribution in [0.15, 0.2) is 60.8 Å². The van der Waals surface area contributed by atoms with E-state index >= 15 is 0 Å². The molecule has 0 N–H and O–H groups in total. The van der Waals surface area contributed by atoms with Gasteiger partial charge in [0.2, 0.25) is 0 Å². The van der Waals surface area contributed by atoms with Crippen molar-refractivity contribution < 1.29 is 4.74 Å². The predicted molar refractivity (Wildman–Crippen MR) is 87.5 cm³/mol. The highest BCUT2D eigenvalue weighted by molar-refractivity contribution is 6.32. The molecule has 0 amide bonds. The maximum atomic E-state index is 6.04. The lowest BCUT2D eigenvalue weighted by atomic mass is 10.2. The lowest BCUT2D eigenvalue weighted by Gasteiger charge is -2.04. The summed E-state index contributed by atoms with van der Waals surface area (Å²) < 4.78 is 7.28. The van der Waals surface area contributed by atoms with Crippen LogP contribution in [0.2, 0.25) is 5.02 Å². The monoisotopic (exact) mass is 311 g/mol. The smallest absolute Gasteiger partial charge is 0.138 e. The molecule has 22 heavy (non-hydrogen) atoms. The average Bonchev–Trinajstić information content (AvgIpc) is 3.01. The topological polar surface area (TPSA) is 39.9 Å². The summed E-state index contributed by atoms with van der Waals surface area (Å²) >= 11 is 6.04. The molecule has 0 radical (unpaired) electrons. The van der Waals surface area contributed by atoms with E-state index in [4.69, 9.17) is 16.3 Å². The van der Waals surface area contributed by atoms with Crippen LogP contribution in [0.25, 0.3) is 12.3 Å². The Hall–Kier alpha value is -2.59. The maximum absolute atomic E-state index is 6.04. The lowest BCUT2D eigenvalue weighted by Crippen LogP contribution is -1.96. The van der Waals surface area contributed by atoms with Gasteiger partial charge in [0.15, 0.2) is 0 Å². The Kier molecular flexibility index (Phi) is 4.51. The fourth-order valence-corrected chi connectivity index (χ4v) is 2.08. The third-order valence-corrected chi connectivity index (χ3v) is 3.30. The molecule has 0 fully saturated rings. The van der Waals surface area contributed by atoms with Crippen LogP contribution in [-0.2, 0) is 6.61 Å². The van der Waals surface area contributed by atoms with Gasteiger partial charge in [-0.3, -0.25) is 0 Å². The number of ether oxygens (including phenoxy) is 1. The van der Waals surface area contributed by atoms with Gasteiger partial charge < -0.3 is 4.74 Å². The molecule has 110 valence electrons. The summed E-state index contributed by atoms with van der Waals surface area (Å²) in [6, 6.07) is 17.4. The van der Waals surface area contributed by atoms with Gasteiger partial charge in [0.25, 0.3) is 0 Å². The van der Waals surface area contributed by atoms with Gasteiger partial charge in [-0.2, -0.15) is 0 Å². The van der Waals surface area contributed by atoms with Gasteiger partial charge in [-0.1, -0.05) is 59.3 Å². The van der Waals surface area contributed by atoms with Crippen molar-refractivity contribution >= 4 is 23.9 Å². The molecule has 3 aromatic rings. The van der Waals surface area contributed by atoms with Gasteiger partial charge in [-0.15, -0.1) is 5.10 Å². The van der Waals surface area contributed by atoms with E-state index in [-0.39, 0.29) is 0 Å². The molecule has 0 saturated carbocycles. The summed E-state index contributed by atoms with van der Waals surface area (Å²) in [5.74, 6) is 0.638. The summed E-state index contributed by atoms with van der Waals surface area (Å²) in [7, 11) is 0. The standard InChI is InChI=1S/C17H14ClN3O/c18-16-8-4-5-9-17(16)22-13-15-12-21(20-19-15)11-10-14-6-2-1-3-7-14/h1-12H,13H2/b11-10+. The molecule has 0 unspecified atom stereocenters. The molecule has 1 aromatic heterocycles. The molecule has 0 atom stereocenters. The van der Waals surface area contributed by atoms with Crippen molar-refractivity contribution in [1.82, 2.24) is 15.0 Å². The van der Waals surface area contributed by atoms with Crippen LogP contribution in [-0.4, -0.2) is 15.0 Å². The van der Waals surface area contributed by atoms with Gasteiger partial charge in [0.05, 0.1) is 11.2 Å². The normalized spacial score (nSPS) is 11.0. The number of benzene rings is 2. The van der Waals surface area contributed by atoms with Crippen LogP contribution < -0.4 is 4.74 Å². The van der Waals surface area contributed by atoms with Crippen LogP contribution in [0.5, 0.6) is 5.75 Å². The molecule has 0 spiro atoms. The van der Waals surface area contributed by atoms with Crippen molar-refractivity contribution in [3.63, 3.8) is 0 Å². The lowest BCUT2D eigenvalue weighted by molar-refractivity contribution is 0.301. The number of aromatic nitrogens is 3. The minimum Gasteiger partial charge on any atom is -0.486 e. The SMILES string of the molecule is Clc1ccccc1OCc1cn(/C=C/c2ccccc2)nn1. The maximum Gasteiger partial charge on any atom is 0.138 e. The minimum atomic E-state index is 0.322. The molecular weight excluding hydrogens is 298 g/mol. The van der Waals surface area contributed by atoms with Crippen LogP contribution >= 0.6 is 11.6 Å². The molecule has 0 aliphatic carbocycles. The molecule has 0 aliphatic rings. The molecular formula is C17H14ClN3O. The second-order valence-electron chi connectivity index (χ2n) is 4.64. The average molecular weight is 312 g/mol. The summed E-state index contributed by atoms with van der Waals surface area (Å²) in [6.07, 6.45) is 5.63. The van der Waals surface area contributed by atoms with Gasteiger partial charge in [-0.05, 0) is 23.8 Å². The zero-order chi connectivity index (χ0) is 15.2. The van der Waals surface area contributed by atoms with Crippen molar-refractivity contribution in [1.29, 1.82) is 0 Å². The van der Waals surface area contributed by atoms with Crippen molar-refractivity contribution in [2.75, 3.05) is 0 Å². The zero-order valence-corrected chi connectivity index (χ0v) is 12.5. The van der Waals surface area contributed by atoms with Crippen LogP contribution in [0, 0.1) is 0 Å². The Morgan fingerprint density at radius 2 is 1.82 bits per heavy atom. The number of para-hydroxylation sites is 1. The highest BCUT2D eigenvalue weighted by Gasteiger charge is 2.03. The van der Waals surface area contributed by atoms with Crippen molar-refractivity contribution in [2.24, 2.45) is 0 Å². The Labute approximate surface area is 133 Å². The van der Waals surface area contributed by atoms with E-state index in [9.17, 15) is 0 Å². The number of rotatable bonds is 5. The van der Waals surface area contributed by atoms with Crippen LogP contribution in [0.4, 0.5) is 0 Å².